The van der Waals surface area contributed by atoms with Gasteiger partial charge in [-0.25, -0.2) is 0 Å². The van der Waals surface area contributed by atoms with Crippen molar-refractivity contribution in [2.24, 2.45) is 4.99 Å². The van der Waals surface area contributed by atoms with Gasteiger partial charge in [-0.2, -0.15) is 4.99 Å². The van der Waals surface area contributed by atoms with Crippen molar-refractivity contribution in [1.29, 1.82) is 0 Å². The number of ether oxygens (including phenoxy) is 3. The number of fused-ring (bicyclic) bond motifs is 3. The van der Waals surface area contributed by atoms with Crippen LogP contribution in [0.15, 0.2) is 53.8 Å². The van der Waals surface area contributed by atoms with Crippen molar-refractivity contribution in [3.8, 4) is 0 Å². The van der Waals surface area contributed by atoms with Crippen molar-refractivity contribution < 1.29 is 24.1 Å². The number of hydrogen-bond acceptors (Lipinski definition) is 7. The van der Waals surface area contributed by atoms with E-state index in [1.54, 1.807) is 12.4 Å². The SMILES string of the molecule is O=C1CN2CCc3cc(CCC(O)c4cccnc4)ccc3C2=CC(OCC2COCCO2)=N1. The van der Waals surface area contributed by atoms with Gasteiger partial charge in [0, 0.05) is 30.6 Å². The zero-order chi connectivity index (χ0) is 23.3. The van der Waals surface area contributed by atoms with Gasteiger partial charge in [0.25, 0.3) is 5.91 Å². The summed E-state index contributed by atoms with van der Waals surface area (Å²) in [6.45, 7) is 2.89. The fraction of sp³-hybridized carbons (Fsp3) is 0.423. The average molecular weight is 464 g/mol. The molecule has 0 aliphatic carbocycles. The van der Waals surface area contributed by atoms with Crippen LogP contribution in [0.2, 0.25) is 0 Å². The topological polar surface area (TPSA) is 93.5 Å². The molecule has 1 aromatic heterocycles. The number of hydrogen-bond donors (Lipinski definition) is 1. The summed E-state index contributed by atoms with van der Waals surface area (Å²) in [6.07, 6.45) is 6.83. The lowest BCUT2D eigenvalue weighted by Crippen LogP contribution is -2.33. The highest BCUT2D eigenvalue weighted by Crippen LogP contribution is 2.31. The molecule has 1 amide bonds. The number of aryl methyl sites for hydroxylation is 1. The number of rotatable bonds is 6. The van der Waals surface area contributed by atoms with Crippen LogP contribution in [0.1, 0.15) is 34.8 Å². The molecule has 2 atom stereocenters. The quantitative estimate of drug-likeness (QED) is 0.703. The maximum Gasteiger partial charge on any atom is 0.268 e. The van der Waals surface area contributed by atoms with Crippen LogP contribution in [0.25, 0.3) is 5.70 Å². The number of carbonyl (C=O) groups is 1. The van der Waals surface area contributed by atoms with E-state index in [1.807, 2.05) is 18.2 Å². The molecule has 8 nitrogen and oxygen atoms in total. The fourth-order valence-corrected chi connectivity index (χ4v) is 4.54. The molecule has 1 saturated heterocycles. The van der Waals surface area contributed by atoms with E-state index in [4.69, 9.17) is 14.2 Å². The maximum absolute atomic E-state index is 12.4. The number of aliphatic imine (C=N–C) groups is 1. The highest BCUT2D eigenvalue weighted by Gasteiger charge is 2.27. The van der Waals surface area contributed by atoms with Crippen molar-refractivity contribution in [1.82, 2.24) is 9.88 Å². The third-order valence-electron chi connectivity index (χ3n) is 6.34. The van der Waals surface area contributed by atoms with Gasteiger partial charge in [0.05, 0.1) is 38.2 Å². The number of aliphatic hydroxyl groups is 1. The van der Waals surface area contributed by atoms with Crippen LogP contribution in [0.3, 0.4) is 0 Å². The van der Waals surface area contributed by atoms with Gasteiger partial charge in [0.1, 0.15) is 12.7 Å². The number of pyridine rings is 1. The molecule has 0 spiro atoms. The van der Waals surface area contributed by atoms with E-state index in [2.05, 4.69) is 33.1 Å². The summed E-state index contributed by atoms with van der Waals surface area (Å²) < 4.78 is 16.9. The largest absolute Gasteiger partial charge is 0.475 e. The maximum atomic E-state index is 12.4. The van der Waals surface area contributed by atoms with Crippen molar-refractivity contribution >= 4 is 17.5 Å². The Bertz CT molecular complexity index is 1080. The summed E-state index contributed by atoms with van der Waals surface area (Å²) >= 11 is 0. The molecule has 3 aliphatic rings. The van der Waals surface area contributed by atoms with Crippen LogP contribution in [-0.2, 0) is 31.8 Å². The summed E-state index contributed by atoms with van der Waals surface area (Å²) in [5, 5.41) is 10.5. The minimum Gasteiger partial charge on any atom is -0.475 e. The van der Waals surface area contributed by atoms with Gasteiger partial charge in [-0.3, -0.25) is 9.78 Å². The molecule has 2 aromatic rings. The molecular weight excluding hydrogens is 434 g/mol. The molecule has 3 aliphatic heterocycles. The Morgan fingerprint density at radius 1 is 1.26 bits per heavy atom. The lowest BCUT2D eigenvalue weighted by atomic mass is 9.92. The highest BCUT2D eigenvalue weighted by molar-refractivity contribution is 6.04. The normalized spacial score (nSPS) is 21.0. The van der Waals surface area contributed by atoms with E-state index in [1.165, 1.54) is 11.1 Å². The third kappa shape index (κ3) is 5.35. The monoisotopic (exact) mass is 463 g/mol. The van der Waals surface area contributed by atoms with Crippen molar-refractivity contribution in [3.63, 3.8) is 0 Å². The number of benzene rings is 1. The van der Waals surface area contributed by atoms with Gasteiger partial charge in [-0.1, -0.05) is 24.3 Å². The van der Waals surface area contributed by atoms with Crippen LogP contribution in [-0.4, -0.2) is 72.4 Å². The Balaban J connectivity index is 1.29. The number of carbonyl (C=O) groups excluding carboxylic acids is 1. The Morgan fingerprint density at radius 3 is 3.03 bits per heavy atom. The molecule has 0 radical (unpaired) electrons. The zero-order valence-corrected chi connectivity index (χ0v) is 19.1. The van der Waals surface area contributed by atoms with E-state index in [-0.39, 0.29) is 18.6 Å². The van der Waals surface area contributed by atoms with Gasteiger partial charge in [0.15, 0.2) is 0 Å². The van der Waals surface area contributed by atoms with Crippen LogP contribution < -0.4 is 0 Å². The first kappa shape index (κ1) is 22.7. The predicted octanol–water partition coefficient (Wildman–Crippen LogP) is 2.32. The van der Waals surface area contributed by atoms with Crippen LogP contribution in [0.5, 0.6) is 0 Å². The second-order valence-electron chi connectivity index (χ2n) is 8.76. The van der Waals surface area contributed by atoms with E-state index >= 15 is 0 Å². The number of amides is 1. The summed E-state index contributed by atoms with van der Waals surface area (Å²) in [5.41, 5.74) is 5.29. The molecule has 4 heterocycles. The first-order chi connectivity index (χ1) is 16.7. The number of aliphatic hydroxyl groups excluding tert-OH is 1. The van der Waals surface area contributed by atoms with Gasteiger partial charge >= 0.3 is 0 Å². The van der Waals surface area contributed by atoms with E-state index in [9.17, 15) is 9.90 Å². The number of nitrogens with zero attached hydrogens (tertiary/aromatic N) is 3. The average Bonchev–Trinajstić information content (AvgIpc) is 3.04. The molecule has 2 unspecified atom stereocenters. The molecule has 178 valence electrons. The van der Waals surface area contributed by atoms with Gasteiger partial charge < -0.3 is 24.2 Å². The molecule has 1 N–H and O–H groups in total. The highest BCUT2D eigenvalue weighted by atomic mass is 16.6. The minimum absolute atomic E-state index is 0.160. The first-order valence-corrected chi connectivity index (χ1v) is 11.8. The van der Waals surface area contributed by atoms with Crippen LogP contribution >= 0.6 is 0 Å². The second-order valence-corrected chi connectivity index (χ2v) is 8.76. The zero-order valence-electron chi connectivity index (χ0n) is 19.1. The van der Waals surface area contributed by atoms with Crippen molar-refractivity contribution in [2.45, 2.75) is 31.5 Å². The molecule has 0 bridgehead atoms. The van der Waals surface area contributed by atoms with Gasteiger partial charge in [0.2, 0.25) is 5.90 Å². The lowest BCUT2D eigenvalue weighted by molar-refractivity contribution is -0.118. The van der Waals surface area contributed by atoms with Gasteiger partial charge in [-0.15, -0.1) is 0 Å². The van der Waals surface area contributed by atoms with Crippen LogP contribution in [0.4, 0.5) is 0 Å². The standard InChI is InChI=1S/C26H29N3O5/c30-24(20-2-1-8-27-14-20)6-4-18-3-5-22-19(12-18)7-9-29-15-25(31)28-26(13-23(22)29)34-17-21-16-32-10-11-33-21/h1-3,5,8,12-14,21,24,30H,4,6-7,9-11,15-17H2. The lowest BCUT2D eigenvalue weighted by Gasteiger charge is -2.32. The summed E-state index contributed by atoms with van der Waals surface area (Å²) in [5.74, 6) is 0.0970. The van der Waals surface area contributed by atoms with E-state index in [0.29, 0.717) is 38.7 Å². The first-order valence-electron chi connectivity index (χ1n) is 11.8. The second kappa shape index (κ2) is 10.5. The van der Waals surface area contributed by atoms with Crippen molar-refractivity contribution in [2.75, 3.05) is 39.5 Å². The summed E-state index contributed by atoms with van der Waals surface area (Å²) in [4.78, 5) is 22.7. The summed E-state index contributed by atoms with van der Waals surface area (Å²) in [7, 11) is 0. The van der Waals surface area contributed by atoms with E-state index in [0.717, 1.165) is 36.2 Å². The Hall–Kier alpha value is -3.07. The molecule has 34 heavy (non-hydrogen) atoms. The summed E-state index contributed by atoms with van der Waals surface area (Å²) in [6, 6.07) is 10.1. The Kier molecular flexibility index (Phi) is 6.99. The number of aromatic nitrogens is 1. The van der Waals surface area contributed by atoms with Crippen molar-refractivity contribution in [3.05, 3.63) is 71.1 Å². The third-order valence-corrected chi connectivity index (χ3v) is 6.34. The fourth-order valence-electron chi connectivity index (χ4n) is 4.54. The molecule has 5 rings (SSSR count). The minimum atomic E-state index is -0.537. The van der Waals surface area contributed by atoms with Gasteiger partial charge in [-0.05, 0) is 42.0 Å². The molecule has 1 aromatic carbocycles. The molecule has 1 fully saturated rings. The predicted molar refractivity (Wildman–Crippen MR) is 126 cm³/mol. The Labute approximate surface area is 198 Å². The molecule has 0 saturated carbocycles. The smallest absolute Gasteiger partial charge is 0.268 e. The van der Waals surface area contributed by atoms with E-state index < -0.39 is 6.10 Å². The molecule has 8 heteroatoms. The van der Waals surface area contributed by atoms with Crippen LogP contribution in [0, 0.1) is 0 Å². The molecular formula is C26H29N3O5. The Morgan fingerprint density at radius 2 is 2.21 bits per heavy atom.